The van der Waals surface area contributed by atoms with Gasteiger partial charge >= 0.3 is 0 Å². The van der Waals surface area contributed by atoms with Gasteiger partial charge < -0.3 is 0 Å². The van der Waals surface area contributed by atoms with Gasteiger partial charge in [-0.2, -0.15) is 0 Å². The molecule has 0 heterocycles. The molecular weight excluding hydrogens is 340 g/mol. The van der Waals surface area contributed by atoms with Crippen LogP contribution < -0.4 is 0 Å². The van der Waals surface area contributed by atoms with E-state index in [2.05, 4.69) is 31.2 Å². The van der Waals surface area contributed by atoms with E-state index in [1.807, 2.05) is 18.2 Å². The van der Waals surface area contributed by atoms with Crippen LogP contribution in [0.3, 0.4) is 0 Å². The Morgan fingerprint density at radius 2 is 1.54 bits per heavy atom. The Kier molecular flexibility index (Phi) is 6.53. The average Bonchev–Trinajstić information content (AvgIpc) is 2.63. The Morgan fingerprint density at radius 1 is 0.846 bits per heavy atom. The number of hydrogen-bond donors (Lipinski definition) is 0. The van der Waals surface area contributed by atoms with Crippen molar-refractivity contribution in [3.05, 3.63) is 65.7 Å². The summed E-state index contributed by atoms with van der Waals surface area (Å²) in [4.78, 5) is 0.488. The van der Waals surface area contributed by atoms with Crippen molar-refractivity contribution in [1.82, 2.24) is 0 Å². The summed E-state index contributed by atoms with van der Waals surface area (Å²) in [5.74, 6) is 0.644. The molecule has 0 aromatic heterocycles. The molecule has 26 heavy (non-hydrogen) atoms. The maximum absolute atomic E-state index is 13.0. The van der Waals surface area contributed by atoms with E-state index in [1.165, 1.54) is 24.0 Å². The minimum absolute atomic E-state index is 0.216. The van der Waals surface area contributed by atoms with Gasteiger partial charge in [-0.05, 0) is 62.6 Å². The molecular formula is C23H30O2S. The summed E-state index contributed by atoms with van der Waals surface area (Å²) in [5.41, 5.74) is 2.69. The first-order chi connectivity index (χ1) is 12.6. The lowest BCUT2D eigenvalue weighted by Crippen LogP contribution is -2.24. The molecule has 2 unspecified atom stereocenters. The van der Waals surface area contributed by atoms with Gasteiger partial charge in [-0.25, -0.2) is 8.42 Å². The van der Waals surface area contributed by atoms with Gasteiger partial charge in [-0.15, -0.1) is 0 Å². The molecule has 3 rings (SSSR count). The molecule has 0 saturated heterocycles. The minimum Gasteiger partial charge on any atom is -0.223 e. The third-order valence-corrected chi connectivity index (χ3v) is 8.04. The van der Waals surface area contributed by atoms with E-state index in [0.29, 0.717) is 10.8 Å². The van der Waals surface area contributed by atoms with Crippen molar-refractivity contribution in [2.75, 3.05) is 0 Å². The standard InChI is InChI=1S/C23H30O2S/c1-19-11-13-21(14-12-19)16-15-20-7-5-6-10-23(18-17-20)26(24,25)22-8-3-2-4-9-22/h2-4,8-9,11-14,20,23H,5-7,10,15-18H2,1H3. The van der Waals surface area contributed by atoms with Crippen LogP contribution in [0.15, 0.2) is 59.5 Å². The van der Waals surface area contributed by atoms with Crippen molar-refractivity contribution in [2.24, 2.45) is 5.92 Å². The zero-order valence-electron chi connectivity index (χ0n) is 15.7. The third-order valence-electron chi connectivity index (χ3n) is 5.76. The number of aryl methyl sites for hydroxylation is 2. The number of benzene rings is 2. The normalized spacial score (nSPS) is 21.7. The van der Waals surface area contributed by atoms with Gasteiger partial charge in [0.25, 0.3) is 0 Å². The number of sulfone groups is 1. The number of hydrogen-bond acceptors (Lipinski definition) is 2. The summed E-state index contributed by atoms with van der Waals surface area (Å²) in [6.45, 7) is 2.12. The van der Waals surface area contributed by atoms with Crippen molar-refractivity contribution in [1.29, 1.82) is 0 Å². The van der Waals surface area contributed by atoms with Crippen LogP contribution in [0.25, 0.3) is 0 Å². The molecule has 1 aliphatic carbocycles. The monoisotopic (exact) mass is 370 g/mol. The largest absolute Gasteiger partial charge is 0.223 e. The molecule has 140 valence electrons. The predicted octanol–water partition coefficient (Wildman–Crippen LogP) is 5.74. The van der Waals surface area contributed by atoms with E-state index < -0.39 is 9.84 Å². The first-order valence-corrected chi connectivity index (χ1v) is 11.4. The molecule has 1 saturated carbocycles. The Labute approximate surface area is 158 Å². The zero-order valence-corrected chi connectivity index (χ0v) is 16.5. The highest BCUT2D eigenvalue weighted by atomic mass is 32.2. The molecule has 2 atom stereocenters. The van der Waals surface area contributed by atoms with Gasteiger partial charge in [0.15, 0.2) is 9.84 Å². The molecule has 2 aromatic carbocycles. The molecule has 0 amide bonds. The molecule has 0 radical (unpaired) electrons. The maximum Gasteiger partial charge on any atom is 0.181 e. The van der Waals surface area contributed by atoms with Crippen LogP contribution in [-0.4, -0.2) is 13.7 Å². The van der Waals surface area contributed by atoms with Crippen molar-refractivity contribution >= 4 is 9.84 Å². The van der Waals surface area contributed by atoms with E-state index in [9.17, 15) is 8.42 Å². The van der Waals surface area contributed by atoms with E-state index in [4.69, 9.17) is 0 Å². The summed E-state index contributed by atoms with van der Waals surface area (Å²) in [7, 11) is -3.20. The van der Waals surface area contributed by atoms with Crippen molar-refractivity contribution in [3.63, 3.8) is 0 Å². The summed E-state index contributed by atoms with van der Waals surface area (Å²) in [6.07, 6.45) is 8.32. The van der Waals surface area contributed by atoms with Crippen LogP contribution in [0.5, 0.6) is 0 Å². The molecule has 0 bridgehead atoms. The third kappa shape index (κ3) is 4.97. The van der Waals surface area contributed by atoms with Crippen LogP contribution in [0.1, 0.15) is 56.1 Å². The topological polar surface area (TPSA) is 34.1 Å². The van der Waals surface area contributed by atoms with Crippen molar-refractivity contribution in [2.45, 2.75) is 68.4 Å². The second-order valence-electron chi connectivity index (χ2n) is 7.73. The van der Waals surface area contributed by atoms with Gasteiger partial charge in [-0.3, -0.25) is 0 Å². The van der Waals surface area contributed by atoms with E-state index in [0.717, 1.165) is 38.5 Å². The molecule has 0 spiro atoms. The second kappa shape index (κ2) is 8.85. The van der Waals surface area contributed by atoms with E-state index in [-0.39, 0.29) is 5.25 Å². The van der Waals surface area contributed by atoms with Crippen LogP contribution in [0.2, 0.25) is 0 Å². The SMILES string of the molecule is Cc1ccc(CCC2CCCCC(S(=O)(=O)c3ccccc3)CC2)cc1. The Hall–Kier alpha value is -1.61. The fourth-order valence-electron chi connectivity index (χ4n) is 4.04. The molecule has 1 aliphatic rings. The Balaban J connectivity index is 1.60. The highest BCUT2D eigenvalue weighted by Crippen LogP contribution is 2.31. The Morgan fingerprint density at radius 3 is 2.27 bits per heavy atom. The van der Waals surface area contributed by atoms with Gasteiger partial charge in [0.1, 0.15) is 0 Å². The average molecular weight is 371 g/mol. The molecule has 1 fully saturated rings. The molecule has 3 heteroatoms. The molecule has 2 nitrogen and oxygen atoms in total. The lowest BCUT2D eigenvalue weighted by Gasteiger charge is -2.25. The lowest BCUT2D eigenvalue weighted by molar-refractivity contribution is 0.358. The number of rotatable bonds is 5. The summed E-state index contributed by atoms with van der Waals surface area (Å²) in [6, 6.07) is 17.8. The summed E-state index contributed by atoms with van der Waals surface area (Å²) >= 11 is 0. The summed E-state index contributed by atoms with van der Waals surface area (Å²) < 4.78 is 25.9. The van der Waals surface area contributed by atoms with Gasteiger partial charge in [-0.1, -0.05) is 67.3 Å². The first kappa shape index (κ1) is 19.2. The van der Waals surface area contributed by atoms with Gasteiger partial charge in [0, 0.05) is 0 Å². The minimum atomic E-state index is -3.20. The zero-order chi connectivity index (χ0) is 18.4. The van der Waals surface area contributed by atoms with Crippen LogP contribution in [0, 0.1) is 12.8 Å². The fraction of sp³-hybridized carbons (Fsp3) is 0.478. The molecule has 2 aromatic rings. The second-order valence-corrected chi connectivity index (χ2v) is 9.96. The Bertz CT molecular complexity index is 779. The van der Waals surface area contributed by atoms with E-state index in [1.54, 1.807) is 12.1 Å². The van der Waals surface area contributed by atoms with Crippen molar-refractivity contribution in [3.8, 4) is 0 Å². The smallest absolute Gasteiger partial charge is 0.181 e. The van der Waals surface area contributed by atoms with E-state index >= 15 is 0 Å². The lowest BCUT2D eigenvalue weighted by atomic mass is 9.87. The maximum atomic E-state index is 13.0. The molecule has 0 aliphatic heterocycles. The highest BCUT2D eigenvalue weighted by molar-refractivity contribution is 7.92. The van der Waals surface area contributed by atoms with Crippen molar-refractivity contribution < 1.29 is 8.42 Å². The first-order valence-electron chi connectivity index (χ1n) is 9.90. The predicted molar refractivity (Wildman–Crippen MR) is 108 cm³/mol. The van der Waals surface area contributed by atoms with Crippen LogP contribution >= 0.6 is 0 Å². The van der Waals surface area contributed by atoms with Crippen LogP contribution in [0.4, 0.5) is 0 Å². The van der Waals surface area contributed by atoms with Gasteiger partial charge in [0.2, 0.25) is 0 Å². The summed E-state index contributed by atoms with van der Waals surface area (Å²) in [5, 5.41) is -0.216. The quantitative estimate of drug-likeness (QED) is 0.672. The fourth-order valence-corrected chi connectivity index (χ4v) is 5.89. The van der Waals surface area contributed by atoms with Gasteiger partial charge in [0.05, 0.1) is 10.1 Å². The highest BCUT2D eigenvalue weighted by Gasteiger charge is 2.29. The molecule has 0 N–H and O–H groups in total. The van der Waals surface area contributed by atoms with Crippen LogP contribution in [-0.2, 0) is 16.3 Å².